The predicted molar refractivity (Wildman–Crippen MR) is 93.9 cm³/mol. The second-order valence-electron chi connectivity index (χ2n) is 5.88. The number of nitrogens with zero attached hydrogens (tertiary/aromatic N) is 2. The molecule has 0 radical (unpaired) electrons. The molecule has 1 fully saturated rings. The summed E-state index contributed by atoms with van der Waals surface area (Å²) in [5.74, 6) is 0.142. The highest BCUT2D eigenvalue weighted by Gasteiger charge is 2.21. The van der Waals surface area contributed by atoms with Crippen LogP contribution in [0.1, 0.15) is 15.9 Å². The van der Waals surface area contributed by atoms with E-state index < -0.39 is 0 Å². The Labute approximate surface area is 142 Å². The second-order valence-corrected chi connectivity index (χ2v) is 6.31. The van der Waals surface area contributed by atoms with Crippen molar-refractivity contribution in [3.63, 3.8) is 0 Å². The summed E-state index contributed by atoms with van der Waals surface area (Å²) in [4.78, 5) is 16.8. The van der Waals surface area contributed by atoms with E-state index in [-0.39, 0.29) is 5.91 Å². The molecule has 0 saturated carbocycles. The molecule has 4 heteroatoms. The third-order valence-corrected chi connectivity index (χ3v) is 4.56. The van der Waals surface area contributed by atoms with Gasteiger partial charge < -0.3 is 4.90 Å². The largest absolute Gasteiger partial charge is 0.336 e. The van der Waals surface area contributed by atoms with E-state index >= 15 is 0 Å². The van der Waals surface area contributed by atoms with Crippen molar-refractivity contribution in [3.05, 3.63) is 70.7 Å². The molecule has 0 atom stereocenters. The molecule has 0 aromatic heterocycles. The van der Waals surface area contributed by atoms with Crippen molar-refractivity contribution in [1.82, 2.24) is 9.80 Å². The Morgan fingerprint density at radius 3 is 2.22 bits per heavy atom. The number of hydrogen-bond donors (Lipinski definition) is 0. The molecule has 1 amide bonds. The molecule has 0 unspecified atom stereocenters. The van der Waals surface area contributed by atoms with Crippen LogP contribution in [-0.2, 0) is 6.42 Å². The standard InChI is InChI=1S/C19H21ClN2O/c20-18-8-6-16(7-9-18)10-11-21-12-14-22(15-13-21)19(23)17-4-2-1-3-5-17/h1-9H,10-15H2. The number of amides is 1. The first kappa shape index (κ1) is 16.0. The molecule has 1 aliphatic rings. The SMILES string of the molecule is O=C(c1ccccc1)N1CCN(CCc2ccc(Cl)cc2)CC1. The molecular weight excluding hydrogens is 308 g/mol. The Hall–Kier alpha value is -1.84. The Morgan fingerprint density at radius 2 is 1.57 bits per heavy atom. The van der Waals surface area contributed by atoms with Crippen LogP contribution in [0.5, 0.6) is 0 Å². The van der Waals surface area contributed by atoms with Crippen LogP contribution in [0.15, 0.2) is 54.6 Å². The van der Waals surface area contributed by atoms with Gasteiger partial charge in [-0.3, -0.25) is 9.69 Å². The molecular formula is C19H21ClN2O. The highest BCUT2D eigenvalue weighted by Crippen LogP contribution is 2.12. The fourth-order valence-electron chi connectivity index (χ4n) is 2.88. The van der Waals surface area contributed by atoms with E-state index in [2.05, 4.69) is 17.0 Å². The highest BCUT2D eigenvalue weighted by atomic mass is 35.5. The molecule has 3 rings (SSSR count). The number of hydrogen-bond acceptors (Lipinski definition) is 2. The van der Waals surface area contributed by atoms with Crippen LogP contribution in [0.3, 0.4) is 0 Å². The lowest BCUT2D eigenvalue weighted by atomic mass is 10.1. The first-order chi connectivity index (χ1) is 11.2. The molecule has 1 aliphatic heterocycles. The third-order valence-electron chi connectivity index (χ3n) is 4.31. The van der Waals surface area contributed by atoms with Crippen LogP contribution < -0.4 is 0 Å². The van der Waals surface area contributed by atoms with E-state index in [1.54, 1.807) is 0 Å². The zero-order chi connectivity index (χ0) is 16.1. The maximum Gasteiger partial charge on any atom is 0.253 e. The van der Waals surface area contributed by atoms with Crippen LogP contribution >= 0.6 is 11.6 Å². The first-order valence-corrected chi connectivity index (χ1v) is 8.41. The summed E-state index contributed by atoms with van der Waals surface area (Å²) in [6.45, 7) is 4.50. The van der Waals surface area contributed by atoms with Crippen molar-refractivity contribution in [2.75, 3.05) is 32.7 Å². The summed E-state index contributed by atoms with van der Waals surface area (Å²) < 4.78 is 0. The lowest BCUT2D eigenvalue weighted by Crippen LogP contribution is -2.49. The molecule has 1 heterocycles. The quantitative estimate of drug-likeness (QED) is 0.859. The third kappa shape index (κ3) is 4.34. The number of carbonyl (C=O) groups excluding carboxylic acids is 1. The smallest absolute Gasteiger partial charge is 0.253 e. The molecule has 2 aromatic carbocycles. The van der Waals surface area contributed by atoms with E-state index in [0.717, 1.165) is 49.7 Å². The minimum atomic E-state index is 0.142. The van der Waals surface area contributed by atoms with Crippen LogP contribution in [0.25, 0.3) is 0 Å². The average molecular weight is 329 g/mol. The zero-order valence-corrected chi connectivity index (χ0v) is 13.9. The molecule has 0 N–H and O–H groups in total. The molecule has 23 heavy (non-hydrogen) atoms. The van der Waals surface area contributed by atoms with Gasteiger partial charge in [-0.25, -0.2) is 0 Å². The van der Waals surface area contributed by atoms with Gasteiger partial charge in [0.05, 0.1) is 0 Å². The number of carbonyl (C=O) groups is 1. The monoisotopic (exact) mass is 328 g/mol. The zero-order valence-electron chi connectivity index (χ0n) is 13.1. The van der Waals surface area contributed by atoms with Crippen molar-refractivity contribution in [2.45, 2.75) is 6.42 Å². The van der Waals surface area contributed by atoms with E-state index in [1.165, 1.54) is 5.56 Å². The molecule has 2 aromatic rings. The molecule has 0 spiro atoms. The van der Waals surface area contributed by atoms with Crippen LogP contribution in [0.4, 0.5) is 0 Å². The van der Waals surface area contributed by atoms with Crippen LogP contribution in [-0.4, -0.2) is 48.4 Å². The second kappa shape index (κ2) is 7.62. The number of halogens is 1. The van der Waals surface area contributed by atoms with Gasteiger partial charge in [0.15, 0.2) is 0 Å². The van der Waals surface area contributed by atoms with Gasteiger partial charge in [-0.15, -0.1) is 0 Å². The Morgan fingerprint density at radius 1 is 0.913 bits per heavy atom. The highest BCUT2D eigenvalue weighted by molar-refractivity contribution is 6.30. The number of piperazine rings is 1. The summed E-state index contributed by atoms with van der Waals surface area (Å²) in [7, 11) is 0. The van der Waals surface area contributed by atoms with Crippen LogP contribution in [0.2, 0.25) is 5.02 Å². The fraction of sp³-hybridized carbons (Fsp3) is 0.316. The molecule has 0 bridgehead atoms. The normalized spacial score (nSPS) is 15.6. The van der Waals surface area contributed by atoms with Gasteiger partial charge in [-0.05, 0) is 36.2 Å². The molecule has 1 saturated heterocycles. The Balaban J connectivity index is 1.47. The van der Waals surface area contributed by atoms with Crippen molar-refractivity contribution in [1.29, 1.82) is 0 Å². The van der Waals surface area contributed by atoms with Crippen molar-refractivity contribution in [3.8, 4) is 0 Å². The van der Waals surface area contributed by atoms with Gasteiger partial charge in [-0.1, -0.05) is 41.9 Å². The Kier molecular flexibility index (Phi) is 5.31. The summed E-state index contributed by atoms with van der Waals surface area (Å²) >= 11 is 5.91. The summed E-state index contributed by atoms with van der Waals surface area (Å²) in [5.41, 5.74) is 2.08. The van der Waals surface area contributed by atoms with Gasteiger partial charge >= 0.3 is 0 Å². The van der Waals surface area contributed by atoms with E-state index in [9.17, 15) is 4.79 Å². The van der Waals surface area contributed by atoms with E-state index in [0.29, 0.717) is 0 Å². The maximum atomic E-state index is 12.4. The van der Waals surface area contributed by atoms with Gasteiger partial charge in [0.25, 0.3) is 5.91 Å². The van der Waals surface area contributed by atoms with Gasteiger partial charge in [0.2, 0.25) is 0 Å². The maximum absolute atomic E-state index is 12.4. The minimum absolute atomic E-state index is 0.142. The summed E-state index contributed by atoms with van der Waals surface area (Å²) in [6, 6.07) is 17.6. The molecule has 0 aliphatic carbocycles. The van der Waals surface area contributed by atoms with Crippen LogP contribution in [0, 0.1) is 0 Å². The predicted octanol–water partition coefficient (Wildman–Crippen LogP) is 3.34. The lowest BCUT2D eigenvalue weighted by molar-refractivity contribution is 0.0638. The number of benzene rings is 2. The molecule has 3 nitrogen and oxygen atoms in total. The minimum Gasteiger partial charge on any atom is -0.336 e. The van der Waals surface area contributed by atoms with E-state index in [1.807, 2.05) is 47.4 Å². The average Bonchev–Trinajstić information content (AvgIpc) is 2.62. The number of rotatable bonds is 4. The van der Waals surface area contributed by atoms with Crippen molar-refractivity contribution >= 4 is 17.5 Å². The Bertz CT molecular complexity index is 634. The molecule has 120 valence electrons. The summed E-state index contributed by atoms with van der Waals surface area (Å²) in [5, 5.41) is 0.779. The fourth-order valence-corrected chi connectivity index (χ4v) is 3.00. The lowest BCUT2D eigenvalue weighted by Gasteiger charge is -2.34. The van der Waals surface area contributed by atoms with E-state index in [4.69, 9.17) is 11.6 Å². The van der Waals surface area contributed by atoms with Gasteiger partial charge in [0.1, 0.15) is 0 Å². The summed E-state index contributed by atoms with van der Waals surface area (Å²) in [6.07, 6.45) is 1.02. The van der Waals surface area contributed by atoms with Gasteiger partial charge in [0, 0.05) is 43.3 Å². The first-order valence-electron chi connectivity index (χ1n) is 8.03. The van der Waals surface area contributed by atoms with Crippen molar-refractivity contribution in [2.24, 2.45) is 0 Å². The van der Waals surface area contributed by atoms with Crippen molar-refractivity contribution < 1.29 is 4.79 Å². The van der Waals surface area contributed by atoms with Gasteiger partial charge in [-0.2, -0.15) is 0 Å². The topological polar surface area (TPSA) is 23.6 Å².